The van der Waals surface area contributed by atoms with E-state index in [0.717, 1.165) is 17.9 Å². The number of carbonyl (C=O) groups excluding carboxylic acids is 1. The van der Waals surface area contributed by atoms with Gasteiger partial charge in [0.1, 0.15) is 5.82 Å². The Morgan fingerprint density at radius 2 is 2.08 bits per heavy atom. The Morgan fingerprint density at radius 1 is 1.21 bits per heavy atom. The van der Waals surface area contributed by atoms with Crippen molar-refractivity contribution in [2.45, 2.75) is 32.4 Å². The Hall–Kier alpha value is -2.89. The molecular formula is C18H19N5O. The Kier molecular flexibility index (Phi) is 3.65. The van der Waals surface area contributed by atoms with Gasteiger partial charge in [-0.25, -0.2) is 4.68 Å². The van der Waals surface area contributed by atoms with Gasteiger partial charge < -0.3 is 5.32 Å². The van der Waals surface area contributed by atoms with Gasteiger partial charge in [-0.3, -0.25) is 9.48 Å². The second-order valence-electron chi connectivity index (χ2n) is 5.97. The highest BCUT2D eigenvalue weighted by Crippen LogP contribution is 2.38. The van der Waals surface area contributed by atoms with Gasteiger partial charge in [0.25, 0.3) is 0 Å². The summed E-state index contributed by atoms with van der Waals surface area (Å²) in [5, 5.41) is 11.7. The number of hydrogen-bond acceptors (Lipinski definition) is 3. The standard InChI is InChI=1S/C18H19N5O/c1-2-23-18-16(11-20-23)15(10-17(24)21-18)14-7-4-3-6-13(14)12-22-9-5-8-19-22/h3-9,11,15H,2,10,12H2,1H3,(H,21,24)/t15-/m1/s1. The molecule has 24 heavy (non-hydrogen) atoms. The van der Waals surface area contributed by atoms with Crippen LogP contribution in [-0.2, 0) is 17.9 Å². The number of aryl methyl sites for hydroxylation is 1. The predicted octanol–water partition coefficient (Wildman–Crippen LogP) is 2.62. The fourth-order valence-corrected chi connectivity index (χ4v) is 3.37. The topological polar surface area (TPSA) is 64.7 Å². The van der Waals surface area contributed by atoms with E-state index in [4.69, 9.17) is 0 Å². The largest absolute Gasteiger partial charge is 0.311 e. The molecule has 1 amide bonds. The third-order valence-corrected chi connectivity index (χ3v) is 4.51. The Labute approximate surface area is 140 Å². The molecule has 0 unspecified atom stereocenters. The first kappa shape index (κ1) is 14.7. The summed E-state index contributed by atoms with van der Waals surface area (Å²) in [6, 6.07) is 10.2. The van der Waals surface area contributed by atoms with E-state index >= 15 is 0 Å². The molecule has 0 fully saturated rings. The number of rotatable bonds is 4. The molecule has 3 heterocycles. The number of hydrogen-bond donors (Lipinski definition) is 1. The van der Waals surface area contributed by atoms with Gasteiger partial charge in [-0.05, 0) is 24.1 Å². The summed E-state index contributed by atoms with van der Waals surface area (Å²) in [6.45, 7) is 3.45. The van der Waals surface area contributed by atoms with Crippen LogP contribution in [0.3, 0.4) is 0 Å². The van der Waals surface area contributed by atoms with Crippen molar-refractivity contribution in [3.63, 3.8) is 0 Å². The van der Waals surface area contributed by atoms with Gasteiger partial charge in [0.15, 0.2) is 0 Å². The summed E-state index contributed by atoms with van der Waals surface area (Å²) < 4.78 is 3.74. The van der Waals surface area contributed by atoms with Crippen LogP contribution in [0, 0.1) is 0 Å². The number of anilines is 1. The number of benzene rings is 1. The van der Waals surface area contributed by atoms with Gasteiger partial charge in [-0.15, -0.1) is 0 Å². The quantitative estimate of drug-likeness (QED) is 0.803. The monoisotopic (exact) mass is 321 g/mol. The van der Waals surface area contributed by atoms with Crippen LogP contribution < -0.4 is 5.32 Å². The van der Waals surface area contributed by atoms with Gasteiger partial charge in [0.05, 0.1) is 12.7 Å². The van der Waals surface area contributed by atoms with Crippen LogP contribution in [0.1, 0.15) is 36.0 Å². The fourth-order valence-electron chi connectivity index (χ4n) is 3.37. The lowest BCUT2D eigenvalue weighted by molar-refractivity contribution is -0.116. The van der Waals surface area contributed by atoms with Crippen LogP contribution in [0.5, 0.6) is 0 Å². The lowest BCUT2D eigenvalue weighted by Gasteiger charge is -2.25. The average molecular weight is 321 g/mol. The molecule has 0 aliphatic carbocycles. The smallest absolute Gasteiger partial charge is 0.226 e. The van der Waals surface area contributed by atoms with E-state index in [1.54, 1.807) is 6.20 Å². The van der Waals surface area contributed by atoms with Crippen molar-refractivity contribution in [3.05, 3.63) is 65.6 Å². The molecule has 2 aromatic heterocycles. The molecule has 1 atom stereocenters. The van der Waals surface area contributed by atoms with Crippen LogP contribution in [-0.4, -0.2) is 25.5 Å². The summed E-state index contributed by atoms with van der Waals surface area (Å²) in [4.78, 5) is 12.2. The fraction of sp³-hybridized carbons (Fsp3) is 0.278. The van der Waals surface area contributed by atoms with Crippen molar-refractivity contribution < 1.29 is 4.79 Å². The van der Waals surface area contributed by atoms with Crippen molar-refractivity contribution in [1.82, 2.24) is 19.6 Å². The summed E-state index contributed by atoms with van der Waals surface area (Å²) in [7, 11) is 0. The Bertz CT molecular complexity index is 865. The Morgan fingerprint density at radius 3 is 2.88 bits per heavy atom. The van der Waals surface area contributed by atoms with Gasteiger partial charge >= 0.3 is 0 Å². The van der Waals surface area contributed by atoms with E-state index in [-0.39, 0.29) is 11.8 Å². The van der Waals surface area contributed by atoms with E-state index in [9.17, 15) is 4.79 Å². The maximum atomic E-state index is 12.2. The number of aromatic nitrogens is 4. The van der Waals surface area contributed by atoms with Gasteiger partial charge in [0, 0.05) is 36.8 Å². The molecule has 6 nitrogen and oxygen atoms in total. The first-order valence-corrected chi connectivity index (χ1v) is 8.17. The highest BCUT2D eigenvalue weighted by Gasteiger charge is 2.30. The minimum absolute atomic E-state index is 0.0285. The summed E-state index contributed by atoms with van der Waals surface area (Å²) in [5.74, 6) is 0.894. The molecule has 0 bridgehead atoms. The molecule has 0 radical (unpaired) electrons. The molecule has 0 saturated heterocycles. The van der Waals surface area contributed by atoms with Crippen LogP contribution >= 0.6 is 0 Å². The molecule has 1 aliphatic rings. The van der Waals surface area contributed by atoms with Crippen molar-refractivity contribution in [3.8, 4) is 0 Å². The molecule has 1 aliphatic heterocycles. The average Bonchev–Trinajstić information content (AvgIpc) is 3.24. The maximum absolute atomic E-state index is 12.2. The lowest BCUT2D eigenvalue weighted by atomic mass is 9.84. The maximum Gasteiger partial charge on any atom is 0.226 e. The summed E-state index contributed by atoms with van der Waals surface area (Å²) in [5.41, 5.74) is 3.43. The molecule has 4 rings (SSSR count). The van der Waals surface area contributed by atoms with Gasteiger partial charge in [-0.2, -0.15) is 10.2 Å². The first-order chi connectivity index (χ1) is 11.8. The molecule has 6 heteroatoms. The molecule has 122 valence electrons. The minimum Gasteiger partial charge on any atom is -0.311 e. The van der Waals surface area contributed by atoms with E-state index in [2.05, 4.69) is 27.6 Å². The van der Waals surface area contributed by atoms with E-state index in [1.165, 1.54) is 11.1 Å². The zero-order chi connectivity index (χ0) is 16.5. The second-order valence-corrected chi connectivity index (χ2v) is 5.97. The summed E-state index contributed by atoms with van der Waals surface area (Å²) in [6.07, 6.45) is 6.05. The third-order valence-electron chi connectivity index (χ3n) is 4.51. The van der Waals surface area contributed by atoms with Crippen LogP contribution in [0.15, 0.2) is 48.9 Å². The third kappa shape index (κ3) is 2.50. The number of nitrogens with zero attached hydrogens (tertiary/aromatic N) is 4. The summed E-state index contributed by atoms with van der Waals surface area (Å²) >= 11 is 0. The molecule has 0 spiro atoms. The van der Waals surface area contributed by atoms with Gasteiger partial charge in [0.2, 0.25) is 5.91 Å². The van der Waals surface area contributed by atoms with Crippen LogP contribution in [0.4, 0.5) is 5.82 Å². The zero-order valence-electron chi connectivity index (χ0n) is 13.5. The number of carbonyl (C=O) groups is 1. The minimum atomic E-state index is 0.0285. The predicted molar refractivity (Wildman–Crippen MR) is 90.8 cm³/mol. The van der Waals surface area contributed by atoms with Crippen molar-refractivity contribution >= 4 is 11.7 Å². The molecular weight excluding hydrogens is 302 g/mol. The van der Waals surface area contributed by atoms with Crippen molar-refractivity contribution in [2.75, 3.05) is 5.32 Å². The zero-order valence-corrected chi connectivity index (χ0v) is 13.5. The second kappa shape index (κ2) is 5.96. The molecule has 1 aromatic carbocycles. The van der Waals surface area contributed by atoms with E-state index in [0.29, 0.717) is 13.0 Å². The SMILES string of the molecule is CCn1ncc2c1NC(=O)C[C@@H]2c1ccccc1Cn1cccn1. The highest BCUT2D eigenvalue weighted by atomic mass is 16.1. The van der Waals surface area contributed by atoms with E-state index in [1.807, 2.05) is 46.9 Å². The van der Waals surface area contributed by atoms with Gasteiger partial charge in [-0.1, -0.05) is 24.3 Å². The van der Waals surface area contributed by atoms with Crippen LogP contribution in [0.2, 0.25) is 0 Å². The van der Waals surface area contributed by atoms with Crippen LogP contribution in [0.25, 0.3) is 0 Å². The van der Waals surface area contributed by atoms with E-state index < -0.39 is 0 Å². The molecule has 1 N–H and O–H groups in total. The highest BCUT2D eigenvalue weighted by molar-refractivity contribution is 5.94. The normalized spacial score (nSPS) is 16.7. The van der Waals surface area contributed by atoms with Crippen molar-refractivity contribution in [1.29, 1.82) is 0 Å². The first-order valence-electron chi connectivity index (χ1n) is 8.17. The Balaban J connectivity index is 1.77. The number of amides is 1. The molecule has 0 saturated carbocycles. The van der Waals surface area contributed by atoms with Crippen molar-refractivity contribution in [2.24, 2.45) is 0 Å². The number of fused-ring (bicyclic) bond motifs is 1. The number of nitrogens with one attached hydrogen (secondary N) is 1. The molecule has 3 aromatic rings. The lowest BCUT2D eigenvalue weighted by Crippen LogP contribution is -2.25.